The highest BCUT2D eigenvalue weighted by Gasteiger charge is 2.32. The number of fused-ring (bicyclic) bond motifs is 3. The molecule has 53 heavy (non-hydrogen) atoms. The molecule has 0 amide bonds. The molecule has 0 aromatic heterocycles. The summed E-state index contributed by atoms with van der Waals surface area (Å²) in [5.41, 5.74) is 2.97. The van der Waals surface area contributed by atoms with Gasteiger partial charge < -0.3 is 36.6 Å². The minimum Gasteiger partial charge on any atom is -0.493 e. The summed E-state index contributed by atoms with van der Waals surface area (Å²) < 4.78 is 52.5. The monoisotopic (exact) mass is 746 g/mol. The Morgan fingerprint density at radius 3 is 1.02 bits per heavy atom. The van der Waals surface area contributed by atoms with E-state index in [-0.39, 0.29) is 0 Å². The van der Waals surface area contributed by atoms with Crippen LogP contribution in [-0.2, 0) is 0 Å². The molecular weight excluding hydrogens is 706 g/mol. The van der Waals surface area contributed by atoms with Crippen molar-refractivity contribution in [3.8, 4) is 57.1 Å². The van der Waals surface area contributed by atoms with Gasteiger partial charge in [-0.15, -0.1) is 0 Å². The van der Waals surface area contributed by atoms with Gasteiger partial charge in [-0.05, 0) is 105 Å². The van der Waals surface area contributed by atoms with Gasteiger partial charge in [0.2, 0.25) is 0 Å². The summed E-state index contributed by atoms with van der Waals surface area (Å²) >= 11 is 0. The molecule has 1 aliphatic heterocycles. The van der Waals surface area contributed by atoms with Gasteiger partial charge in [-0.2, -0.15) is 0 Å². The van der Waals surface area contributed by atoms with Crippen molar-refractivity contribution in [2.24, 2.45) is 0 Å². The van der Waals surface area contributed by atoms with Crippen molar-refractivity contribution >= 4 is 17.2 Å². The molecule has 0 bridgehead atoms. The van der Waals surface area contributed by atoms with Crippen LogP contribution in [0.1, 0.15) is 30.4 Å². The zero-order chi connectivity index (χ0) is 36.2. The molecule has 0 radical (unpaired) electrons. The summed E-state index contributed by atoms with van der Waals surface area (Å²) in [5.74, 6) is 4.68. The molecule has 0 unspecified atom stereocenters. The fourth-order valence-electron chi connectivity index (χ4n) is 5.56. The van der Waals surface area contributed by atoms with Crippen molar-refractivity contribution < 1.29 is 36.6 Å². The minimum absolute atomic E-state index is 0.511. The lowest BCUT2D eigenvalue weighted by Crippen LogP contribution is -2.08. The largest absolute Gasteiger partial charge is 0.530 e. The molecule has 1 aliphatic rings. The van der Waals surface area contributed by atoms with Gasteiger partial charge in [0.1, 0.15) is 46.0 Å². The maximum absolute atomic E-state index is 6.87. The van der Waals surface area contributed by atoms with E-state index in [9.17, 15) is 0 Å². The Kier molecular flexibility index (Phi) is 12.1. The number of para-hydroxylation sites is 4. The Morgan fingerprint density at radius 2 is 0.698 bits per heavy atom. The Hall–Kier alpha value is -5.42. The third-order valence-electron chi connectivity index (χ3n) is 8.21. The first-order valence-electron chi connectivity index (χ1n) is 17.5. The maximum atomic E-state index is 6.87. The number of aryl methyl sites for hydroxylation is 2. The van der Waals surface area contributed by atoms with Crippen LogP contribution in [0.25, 0.3) is 11.1 Å². The SMILES string of the molecule is Cc1ccc2c(c1OP(Oc1ccccc1)Oc1ccccc1)-c1c(ccc(C)c1OP(Oc1ccccc1)Oc1ccccc1)OCCCCCO2. The van der Waals surface area contributed by atoms with E-state index < -0.39 is 17.2 Å². The lowest BCUT2D eigenvalue weighted by molar-refractivity contribution is 0.284. The summed E-state index contributed by atoms with van der Waals surface area (Å²) in [6.07, 6.45) is 2.69. The normalized spacial score (nSPS) is 12.6. The third kappa shape index (κ3) is 9.53. The highest BCUT2D eigenvalue weighted by molar-refractivity contribution is 7.43. The van der Waals surface area contributed by atoms with E-state index >= 15 is 0 Å². The fourth-order valence-corrected chi connectivity index (χ4v) is 7.73. The molecule has 0 saturated carbocycles. The molecule has 7 rings (SSSR count). The smallest absolute Gasteiger partial charge is 0.493 e. The van der Waals surface area contributed by atoms with Crippen molar-refractivity contribution in [1.82, 2.24) is 0 Å². The predicted molar refractivity (Wildman–Crippen MR) is 210 cm³/mol. The average Bonchev–Trinajstić information content (AvgIpc) is 3.22. The molecule has 270 valence electrons. The van der Waals surface area contributed by atoms with E-state index in [4.69, 9.17) is 36.6 Å². The summed E-state index contributed by atoms with van der Waals surface area (Å²) in [5, 5.41) is 0. The third-order valence-corrected chi connectivity index (χ3v) is 10.3. The molecule has 0 saturated heterocycles. The van der Waals surface area contributed by atoms with Gasteiger partial charge in [-0.25, -0.2) is 0 Å². The number of hydrogen-bond acceptors (Lipinski definition) is 8. The first kappa shape index (κ1) is 36.0. The molecule has 0 fully saturated rings. The van der Waals surface area contributed by atoms with Crippen molar-refractivity contribution in [2.75, 3.05) is 13.2 Å². The second-order valence-electron chi connectivity index (χ2n) is 12.2. The predicted octanol–water partition coefficient (Wildman–Crippen LogP) is 12.4. The summed E-state index contributed by atoms with van der Waals surface area (Å²) in [6, 6.07) is 45.9. The van der Waals surface area contributed by atoms with Crippen molar-refractivity contribution in [2.45, 2.75) is 33.1 Å². The highest BCUT2D eigenvalue weighted by atomic mass is 31.2. The average molecular weight is 747 g/mol. The Balaban J connectivity index is 1.36. The van der Waals surface area contributed by atoms with Crippen LogP contribution in [0.2, 0.25) is 0 Å². The van der Waals surface area contributed by atoms with E-state index in [1.54, 1.807) is 0 Å². The topological polar surface area (TPSA) is 73.8 Å². The molecular formula is C43H40O8P2. The lowest BCUT2D eigenvalue weighted by atomic mass is 9.96. The van der Waals surface area contributed by atoms with Gasteiger partial charge in [-0.3, -0.25) is 0 Å². The first-order valence-corrected chi connectivity index (χ1v) is 19.7. The Bertz CT molecular complexity index is 1820. The van der Waals surface area contributed by atoms with Gasteiger partial charge in [0.25, 0.3) is 0 Å². The Morgan fingerprint density at radius 1 is 0.377 bits per heavy atom. The molecule has 0 spiro atoms. The van der Waals surface area contributed by atoms with Gasteiger partial charge in [-0.1, -0.05) is 84.9 Å². The van der Waals surface area contributed by atoms with Crippen molar-refractivity contribution in [1.29, 1.82) is 0 Å². The van der Waals surface area contributed by atoms with Gasteiger partial charge in [0.15, 0.2) is 0 Å². The number of benzene rings is 6. The standard InChI is InChI=1S/C43H40O8P2/c1-32-26-28-38-40(42(32)50-52(46-34-18-8-3-9-19-34)47-35-20-10-4-11-21-35)41-39(45-31-17-7-16-30-44-38)29-27-33(2)43(41)51-53(48-36-22-12-5-13-23-36)49-37-24-14-6-15-25-37/h3-6,8-15,18-29H,7,16-17,30-31H2,1-2H3. The van der Waals surface area contributed by atoms with E-state index in [1.165, 1.54) is 0 Å². The number of rotatable bonds is 12. The van der Waals surface area contributed by atoms with Crippen LogP contribution in [-0.4, -0.2) is 13.2 Å². The molecule has 0 aliphatic carbocycles. The summed E-state index contributed by atoms with van der Waals surface area (Å²) in [7, 11) is -4.05. The Labute approximate surface area is 313 Å². The second-order valence-corrected chi connectivity index (χ2v) is 14.2. The fraction of sp³-hybridized carbons (Fsp3) is 0.163. The van der Waals surface area contributed by atoms with Gasteiger partial charge in [0.05, 0.1) is 24.3 Å². The quantitative estimate of drug-likeness (QED) is 0.115. The zero-order valence-electron chi connectivity index (χ0n) is 29.6. The van der Waals surface area contributed by atoms with Crippen LogP contribution in [0.15, 0.2) is 146 Å². The van der Waals surface area contributed by atoms with E-state index in [1.807, 2.05) is 159 Å². The van der Waals surface area contributed by atoms with E-state index in [0.717, 1.165) is 30.4 Å². The molecule has 8 nitrogen and oxygen atoms in total. The minimum atomic E-state index is -2.03. The first-order chi connectivity index (χ1) is 26.1. The summed E-state index contributed by atoms with van der Waals surface area (Å²) in [6.45, 7) is 5.01. The van der Waals surface area contributed by atoms with E-state index in [0.29, 0.717) is 70.3 Å². The van der Waals surface area contributed by atoms with Crippen LogP contribution in [0.3, 0.4) is 0 Å². The van der Waals surface area contributed by atoms with Crippen molar-refractivity contribution in [3.05, 3.63) is 157 Å². The second kappa shape index (κ2) is 17.9. The number of hydrogen-bond donors (Lipinski definition) is 0. The van der Waals surface area contributed by atoms with Crippen LogP contribution >= 0.6 is 17.2 Å². The van der Waals surface area contributed by atoms with E-state index in [2.05, 4.69) is 0 Å². The lowest BCUT2D eigenvalue weighted by Gasteiger charge is -2.26. The molecule has 10 heteroatoms. The summed E-state index contributed by atoms with van der Waals surface area (Å²) in [4.78, 5) is 0. The van der Waals surface area contributed by atoms with Crippen LogP contribution in [0.5, 0.6) is 46.0 Å². The molecule has 6 aromatic rings. The molecule has 6 aromatic carbocycles. The highest BCUT2D eigenvalue weighted by Crippen LogP contribution is 2.56. The molecule has 1 heterocycles. The van der Waals surface area contributed by atoms with Gasteiger partial charge in [0, 0.05) is 0 Å². The van der Waals surface area contributed by atoms with Gasteiger partial charge >= 0.3 is 17.2 Å². The van der Waals surface area contributed by atoms with Crippen LogP contribution in [0, 0.1) is 13.8 Å². The molecule has 0 atom stereocenters. The van der Waals surface area contributed by atoms with Crippen LogP contribution < -0.4 is 36.6 Å². The van der Waals surface area contributed by atoms with Crippen LogP contribution in [0.4, 0.5) is 0 Å². The molecule has 0 N–H and O–H groups in total. The maximum Gasteiger partial charge on any atom is 0.530 e. The number of ether oxygens (including phenoxy) is 2. The van der Waals surface area contributed by atoms with Crippen molar-refractivity contribution in [3.63, 3.8) is 0 Å². The zero-order valence-corrected chi connectivity index (χ0v) is 31.3.